The van der Waals surface area contributed by atoms with Gasteiger partial charge in [-0.2, -0.15) is 0 Å². The van der Waals surface area contributed by atoms with Gasteiger partial charge in [0, 0.05) is 11.1 Å². The number of rotatable bonds is 1. The topological polar surface area (TPSA) is 23.5 Å². The van der Waals surface area contributed by atoms with E-state index in [1.54, 1.807) is 0 Å². The second kappa shape index (κ2) is 4.07. The molecule has 0 unspecified atom stereocenters. The highest BCUT2D eigenvalue weighted by Crippen LogP contribution is 2.47. The van der Waals surface area contributed by atoms with Crippen molar-refractivity contribution in [1.82, 2.24) is 4.90 Å². The number of aliphatic hydroxyl groups is 1. The second-order valence-electron chi connectivity index (χ2n) is 6.94. The van der Waals surface area contributed by atoms with E-state index in [2.05, 4.69) is 39.6 Å². The van der Waals surface area contributed by atoms with Crippen molar-refractivity contribution in [2.45, 2.75) is 57.2 Å². The maximum atomic E-state index is 11.1. The van der Waals surface area contributed by atoms with Gasteiger partial charge in [0.25, 0.3) is 0 Å². The molecule has 100 valence electrons. The molecule has 1 saturated heterocycles. The summed E-state index contributed by atoms with van der Waals surface area (Å²) in [4.78, 5) is 2.39. The highest BCUT2D eigenvalue weighted by molar-refractivity contribution is 5.25. The number of hydrogen-bond acceptors (Lipinski definition) is 2. The number of benzene rings is 1. The lowest BCUT2D eigenvalue weighted by Gasteiger charge is -2.56. The molecule has 0 saturated carbocycles. The summed E-state index contributed by atoms with van der Waals surface area (Å²) in [5.41, 5.74) is 0.304. The molecule has 1 aliphatic heterocycles. The fourth-order valence-corrected chi connectivity index (χ4v) is 3.50. The van der Waals surface area contributed by atoms with Crippen LogP contribution in [0.5, 0.6) is 0 Å². The minimum absolute atomic E-state index is 0.00760. The van der Waals surface area contributed by atoms with Crippen molar-refractivity contribution in [3.8, 4) is 0 Å². The molecule has 2 nitrogen and oxygen atoms in total. The Morgan fingerprint density at radius 3 is 1.83 bits per heavy atom. The lowest BCUT2D eigenvalue weighted by Crippen LogP contribution is -2.62. The number of piperidine rings is 1. The van der Waals surface area contributed by atoms with Gasteiger partial charge in [-0.1, -0.05) is 30.3 Å². The van der Waals surface area contributed by atoms with E-state index < -0.39 is 5.60 Å². The van der Waals surface area contributed by atoms with Crippen molar-refractivity contribution >= 4 is 0 Å². The van der Waals surface area contributed by atoms with Crippen LogP contribution in [0.4, 0.5) is 0 Å². The fraction of sp³-hybridized carbons (Fsp3) is 0.625. The molecule has 1 aromatic carbocycles. The predicted molar refractivity (Wildman–Crippen MR) is 75.5 cm³/mol. The molecule has 0 radical (unpaired) electrons. The Bertz CT molecular complexity index is 404. The zero-order valence-corrected chi connectivity index (χ0v) is 12.2. The highest BCUT2D eigenvalue weighted by Gasteiger charge is 2.50. The number of hydrogen-bond donors (Lipinski definition) is 1. The largest absolute Gasteiger partial charge is 0.385 e. The van der Waals surface area contributed by atoms with E-state index in [1.165, 1.54) is 0 Å². The summed E-state index contributed by atoms with van der Waals surface area (Å²) in [5, 5.41) is 11.1. The molecule has 0 aliphatic carbocycles. The number of nitrogens with zero attached hydrogens (tertiary/aromatic N) is 1. The van der Waals surface area contributed by atoms with Crippen LogP contribution >= 0.6 is 0 Å². The first-order chi connectivity index (χ1) is 8.17. The molecule has 1 fully saturated rings. The molecule has 1 N–H and O–H groups in total. The smallest absolute Gasteiger partial charge is 0.0931 e. The van der Waals surface area contributed by atoms with Crippen LogP contribution in [-0.2, 0) is 5.60 Å². The molecule has 2 rings (SSSR count). The Morgan fingerprint density at radius 1 is 0.944 bits per heavy atom. The van der Waals surface area contributed by atoms with E-state index in [-0.39, 0.29) is 11.1 Å². The van der Waals surface area contributed by atoms with Gasteiger partial charge in [0.15, 0.2) is 0 Å². The van der Waals surface area contributed by atoms with Gasteiger partial charge in [-0.05, 0) is 53.1 Å². The monoisotopic (exact) mass is 247 g/mol. The molecular formula is C16H25NO. The zero-order chi connectivity index (χ0) is 13.6. The Hall–Kier alpha value is -0.860. The van der Waals surface area contributed by atoms with Crippen LogP contribution in [0.2, 0.25) is 0 Å². The van der Waals surface area contributed by atoms with E-state index in [4.69, 9.17) is 0 Å². The molecule has 0 atom stereocenters. The van der Waals surface area contributed by atoms with E-state index in [0.717, 1.165) is 18.4 Å². The molecule has 0 aromatic heterocycles. The van der Waals surface area contributed by atoms with E-state index in [1.807, 2.05) is 30.3 Å². The summed E-state index contributed by atoms with van der Waals surface area (Å²) in [7, 11) is 2.16. The van der Waals surface area contributed by atoms with E-state index >= 15 is 0 Å². The van der Waals surface area contributed by atoms with Gasteiger partial charge in [0.05, 0.1) is 5.60 Å². The van der Waals surface area contributed by atoms with Crippen LogP contribution in [0.25, 0.3) is 0 Å². The average molecular weight is 247 g/mol. The standard InChI is InChI=1S/C16H25NO/c1-14(2)11-16(18,12-15(3,4)17(14)5)13-9-7-6-8-10-13/h6-10,18H,11-12H2,1-5H3. The van der Waals surface area contributed by atoms with Crippen LogP contribution in [-0.4, -0.2) is 28.1 Å². The van der Waals surface area contributed by atoms with Gasteiger partial charge in [0.1, 0.15) is 0 Å². The fourth-order valence-electron chi connectivity index (χ4n) is 3.50. The third-order valence-electron chi connectivity index (χ3n) is 4.58. The molecule has 1 aromatic rings. The quantitative estimate of drug-likeness (QED) is 0.824. The van der Waals surface area contributed by atoms with E-state index in [9.17, 15) is 5.11 Å². The minimum Gasteiger partial charge on any atom is -0.385 e. The SMILES string of the molecule is CN1C(C)(C)CC(O)(c2ccccc2)CC1(C)C. The first-order valence-electron chi connectivity index (χ1n) is 6.69. The first kappa shape index (κ1) is 13.6. The molecule has 1 heterocycles. The van der Waals surface area contributed by atoms with Crippen molar-refractivity contribution in [3.63, 3.8) is 0 Å². The summed E-state index contributed by atoms with van der Waals surface area (Å²) in [6.45, 7) is 8.84. The summed E-state index contributed by atoms with van der Waals surface area (Å²) >= 11 is 0. The van der Waals surface area contributed by atoms with Gasteiger partial charge < -0.3 is 5.11 Å². The lowest BCUT2D eigenvalue weighted by molar-refractivity contribution is -0.128. The highest BCUT2D eigenvalue weighted by atomic mass is 16.3. The Balaban J connectivity index is 2.42. The summed E-state index contributed by atoms with van der Waals surface area (Å²) in [6.07, 6.45) is 1.54. The Morgan fingerprint density at radius 2 is 1.39 bits per heavy atom. The average Bonchev–Trinajstić information content (AvgIpc) is 2.26. The molecule has 0 spiro atoms. The summed E-state index contributed by atoms with van der Waals surface area (Å²) < 4.78 is 0. The van der Waals surface area contributed by atoms with Crippen molar-refractivity contribution in [2.75, 3.05) is 7.05 Å². The van der Waals surface area contributed by atoms with Crippen molar-refractivity contribution < 1.29 is 5.11 Å². The van der Waals surface area contributed by atoms with E-state index in [0.29, 0.717) is 0 Å². The third-order valence-corrected chi connectivity index (χ3v) is 4.58. The second-order valence-corrected chi connectivity index (χ2v) is 6.94. The van der Waals surface area contributed by atoms with Gasteiger partial charge in [0.2, 0.25) is 0 Å². The maximum absolute atomic E-state index is 11.1. The van der Waals surface area contributed by atoms with Crippen LogP contribution in [0, 0.1) is 0 Å². The first-order valence-corrected chi connectivity index (χ1v) is 6.69. The van der Waals surface area contributed by atoms with Crippen LogP contribution in [0.3, 0.4) is 0 Å². The summed E-state index contributed by atoms with van der Waals surface area (Å²) in [5.74, 6) is 0. The van der Waals surface area contributed by atoms with Crippen LogP contribution < -0.4 is 0 Å². The van der Waals surface area contributed by atoms with Gasteiger partial charge in [-0.15, -0.1) is 0 Å². The Kier molecular flexibility index (Phi) is 3.07. The molecule has 18 heavy (non-hydrogen) atoms. The molecule has 0 bridgehead atoms. The predicted octanol–water partition coefficient (Wildman–Crippen LogP) is 3.16. The molecular weight excluding hydrogens is 222 g/mol. The van der Waals surface area contributed by atoms with Crippen molar-refractivity contribution in [2.24, 2.45) is 0 Å². The van der Waals surface area contributed by atoms with Gasteiger partial charge >= 0.3 is 0 Å². The van der Waals surface area contributed by atoms with Crippen molar-refractivity contribution in [1.29, 1.82) is 0 Å². The lowest BCUT2D eigenvalue weighted by atomic mass is 9.68. The van der Waals surface area contributed by atoms with Crippen LogP contribution in [0.1, 0.15) is 46.1 Å². The van der Waals surface area contributed by atoms with Gasteiger partial charge in [-0.25, -0.2) is 0 Å². The van der Waals surface area contributed by atoms with Crippen LogP contribution in [0.15, 0.2) is 30.3 Å². The Labute approximate surface area is 111 Å². The maximum Gasteiger partial charge on any atom is 0.0931 e. The molecule has 0 amide bonds. The third kappa shape index (κ3) is 2.19. The molecule has 2 heteroatoms. The van der Waals surface area contributed by atoms with Gasteiger partial charge in [-0.3, -0.25) is 4.90 Å². The zero-order valence-electron chi connectivity index (χ0n) is 12.2. The molecule has 1 aliphatic rings. The minimum atomic E-state index is -0.721. The number of likely N-dealkylation sites (tertiary alicyclic amines) is 1. The normalized spacial score (nSPS) is 25.9. The summed E-state index contributed by atoms with van der Waals surface area (Å²) in [6, 6.07) is 10.1. The van der Waals surface area contributed by atoms with Crippen molar-refractivity contribution in [3.05, 3.63) is 35.9 Å².